The first-order chi connectivity index (χ1) is 29.0. The average molecular weight is 752 g/mol. The lowest BCUT2D eigenvalue weighted by atomic mass is 9.70. The molecule has 59 heavy (non-hydrogen) atoms. The fourth-order valence-electron chi connectivity index (χ4n) is 10.9. The van der Waals surface area contributed by atoms with Crippen molar-refractivity contribution in [3.05, 3.63) is 246 Å². The van der Waals surface area contributed by atoms with Crippen molar-refractivity contribution in [2.24, 2.45) is 0 Å². The van der Waals surface area contributed by atoms with Crippen LogP contribution in [0.15, 0.2) is 212 Å². The molecule has 278 valence electrons. The topological polar surface area (TPSA) is 3.24 Å². The molecule has 0 heterocycles. The van der Waals surface area contributed by atoms with Crippen molar-refractivity contribution in [2.75, 3.05) is 4.90 Å². The van der Waals surface area contributed by atoms with Crippen LogP contribution in [0.3, 0.4) is 0 Å². The van der Waals surface area contributed by atoms with Crippen LogP contribution < -0.4 is 4.90 Å². The predicted molar refractivity (Wildman–Crippen MR) is 246 cm³/mol. The molecule has 0 saturated heterocycles. The fraction of sp³-hybridized carbons (Fsp3) is 0.0690. The van der Waals surface area contributed by atoms with Gasteiger partial charge in [-0.1, -0.05) is 190 Å². The molecule has 0 aliphatic heterocycles. The average Bonchev–Trinajstić information content (AvgIpc) is 3.85. The van der Waals surface area contributed by atoms with Crippen LogP contribution in [0.4, 0.5) is 17.1 Å². The van der Waals surface area contributed by atoms with Crippen molar-refractivity contribution in [3.63, 3.8) is 0 Å². The van der Waals surface area contributed by atoms with Crippen LogP contribution in [-0.2, 0) is 10.8 Å². The van der Waals surface area contributed by atoms with Gasteiger partial charge < -0.3 is 4.90 Å². The molecular formula is C58H41N. The Morgan fingerprint density at radius 2 is 0.627 bits per heavy atom. The quantitative estimate of drug-likeness (QED) is 0.169. The van der Waals surface area contributed by atoms with Crippen LogP contribution in [0.1, 0.15) is 47.2 Å². The van der Waals surface area contributed by atoms with Gasteiger partial charge >= 0.3 is 0 Å². The summed E-state index contributed by atoms with van der Waals surface area (Å²) in [6.45, 7) is 4.75. The third kappa shape index (κ3) is 4.73. The van der Waals surface area contributed by atoms with E-state index in [1.807, 2.05) is 0 Å². The third-order valence-corrected chi connectivity index (χ3v) is 13.5. The molecule has 1 nitrogen and oxygen atoms in total. The van der Waals surface area contributed by atoms with Gasteiger partial charge in [0.05, 0.1) is 5.41 Å². The molecule has 3 aliphatic rings. The van der Waals surface area contributed by atoms with Crippen LogP contribution in [0.5, 0.6) is 0 Å². The highest BCUT2D eigenvalue weighted by molar-refractivity contribution is 5.97. The highest BCUT2D eigenvalue weighted by atomic mass is 15.1. The molecule has 0 fully saturated rings. The lowest BCUT2D eigenvalue weighted by Gasteiger charge is -2.33. The van der Waals surface area contributed by atoms with Gasteiger partial charge in [-0.3, -0.25) is 0 Å². The molecule has 0 saturated carbocycles. The normalized spacial score (nSPS) is 14.2. The van der Waals surface area contributed by atoms with Gasteiger partial charge in [-0.25, -0.2) is 0 Å². The first kappa shape index (κ1) is 33.9. The molecule has 12 rings (SSSR count). The summed E-state index contributed by atoms with van der Waals surface area (Å²) in [5.74, 6) is 0. The minimum Gasteiger partial charge on any atom is -0.310 e. The van der Waals surface area contributed by atoms with E-state index in [1.54, 1.807) is 0 Å². The van der Waals surface area contributed by atoms with Gasteiger partial charge in [0.25, 0.3) is 0 Å². The lowest BCUT2D eigenvalue weighted by Crippen LogP contribution is -2.26. The molecule has 0 amide bonds. The fourth-order valence-corrected chi connectivity index (χ4v) is 10.9. The van der Waals surface area contributed by atoms with E-state index < -0.39 is 5.41 Å². The van der Waals surface area contributed by atoms with Gasteiger partial charge in [0, 0.05) is 22.5 Å². The standard InChI is InChI=1S/C58H41N/c1-57(2)51-25-13-9-21-44(51)48-33-30-41(36-55(48)57)59(40-29-32-43(38-17-5-3-6-18-38)50(35-40)39-19-7-4-8-20-39)42-31-34-49-47-24-12-16-28-54(47)58(56(49)37-42)52-26-14-10-22-45(52)46-23-11-15-27-53(46)58/h3-37H,1-2H3. The van der Waals surface area contributed by atoms with Crippen molar-refractivity contribution in [3.8, 4) is 55.6 Å². The van der Waals surface area contributed by atoms with Crippen LogP contribution in [0, 0.1) is 0 Å². The van der Waals surface area contributed by atoms with Gasteiger partial charge in [-0.15, -0.1) is 0 Å². The van der Waals surface area contributed by atoms with Crippen LogP contribution in [0.2, 0.25) is 0 Å². The first-order valence-corrected chi connectivity index (χ1v) is 20.8. The van der Waals surface area contributed by atoms with E-state index in [2.05, 4.69) is 231 Å². The Kier molecular flexibility index (Phi) is 7.26. The Bertz CT molecular complexity index is 3070. The molecule has 0 atom stereocenters. The van der Waals surface area contributed by atoms with E-state index in [9.17, 15) is 0 Å². The van der Waals surface area contributed by atoms with Crippen molar-refractivity contribution in [2.45, 2.75) is 24.7 Å². The van der Waals surface area contributed by atoms with Crippen LogP contribution in [0.25, 0.3) is 55.6 Å². The smallest absolute Gasteiger partial charge is 0.0726 e. The summed E-state index contributed by atoms with van der Waals surface area (Å²) in [6.07, 6.45) is 0. The van der Waals surface area contributed by atoms with E-state index in [-0.39, 0.29) is 5.41 Å². The number of nitrogens with zero attached hydrogens (tertiary/aromatic N) is 1. The van der Waals surface area contributed by atoms with E-state index in [4.69, 9.17) is 0 Å². The van der Waals surface area contributed by atoms with Gasteiger partial charge in [0.1, 0.15) is 0 Å². The molecule has 3 aliphatic carbocycles. The number of benzene rings is 9. The number of hydrogen-bond donors (Lipinski definition) is 0. The molecule has 0 unspecified atom stereocenters. The minimum atomic E-state index is -0.436. The molecule has 0 aromatic heterocycles. The monoisotopic (exact) mass is 751 g/mol. The minimum absolute atomic E-state index is 0.138. The molecule has 1 heteroatoms. The summed E-state index contributed by atoms with van der Waals surface area (Å²) < 4.78 is 0. The van der Waals surface area contributed by atoms with Gasteiger partial charge in [0.15, 0.2) is 0 Å². The maximum absolute atomic E-state index is 2.51. The summed E-state index contributed by atoms with van der Waals surface area (Å²) in [4.78, 5) is 2.50. The third-order valence-electron chi connectivity index (χ3n) is 13.5. The number of rotatable bonds is 5. The highest BCUT2D eigenvalue weighted by Crippen LogP contribution is 2.63. The molecule has 0 radical (unpaired) electrons. The number of fused-ring (bicyclic) bond motifs is 13. The Morgan fingerprint density at radius 3 is 1.15 bits per heavy atom. The predicted octanol–water partition coefficient (Wildman–Crippen LogP) is 15.1. The first-order valence-electron chi connectivity index (χ1n) is 20.8. The zero-order chi connectivity index (χ0) is 39.3. The SMILES string of the molecule is CC1(C)c2ccccc2-c2ccc(N(c3ccc(-c4ccccc4)c(-c4ccccc4)c3)c3ccc4c(c3)C3(c5ccccc5-c5ccccc53)c3ccccc3-4)cc21. The highest BCUT2D eigenvalue weighted by Gasteiger charge is 2.51. The van der Waals surface area contributed by atoms with E-state index >= 15 is 0 Å². The molecule has 0 bridgehead atoms. The Balaban J connectivity index is 1.13. The van der Waals surface area contributed by atoms with Crippen molar-refractivity contribution in [1.82, 2.24) is 0 Å². The maximum atomic E-state index is 2.51. The molecule has 0 N–H and O–H groups in total. The number of anilines is 3. The molecule has 9 aromatic carbocycles. The molecule has 1 spiro atoms. The van der Waals surface area contributed by atoms with Crippen LogP contribution in [-0.4, -0.2) is 0 Å². The largest absolute Gasteiger partial charge is 0.310 e. The zero-order valence-electron chi connectivity index (χ0n) is 33.2. The summed E-state index contributed by atoms with van der Waals surface area (Å²) in [7, 11) is 0. The second kappa shape index (κ2) is 12.6. The Morgan fingerprint density at radius 1 is 0.271 bits per heavy atom. The van der Waals surface area contributed by atoms with Gasteiger partial charge in [0.2, 0.25) is 0 Å². The van der Waals surface area contributed by atoms with Crippen molar-refractivity contribution < 1.29 is 0 Å². The van der Waals surface area contributed by atoms with Crippen molar-refractivity contribution in [1.29, 1.82) is 0 Å². The zero-order valence-corrected chi connectivity index (χ0v) is 33.2. The van der Waals surface area contributed by atoms with E-state index in [0.29, 0.717) is 0 Å². The second-order valence-electron chi connectivity index (χ2n) is 16.8. The lowest BCUT2D eigenvalue weighted by molar-refractivity contribution is 0.660. The summed E-state index contributed by atoms with van der Waals surface area (Å²) in [6, 6.07) is 79.2. The Labute approximate surface area is 346 Å². The number of hydrogen-bond acceptors (Lipinski definition) is 1. The summed E-state index contributed by atoms with van der Waals surface area (Å²) >= 11 is 0. The molecule has 9 aromatic rings. The summed E-state index contributed by atoms with van der Waals surface area (Å²) in [5, 5.41) is 0. The second-order valence-corrected chi connectivity index (χ2v) is 16.8. The van der Waals surface area contributed by atoms with Crippen LogP contribution >= 0.6 is 0 Å². The van der Waals surface area contributed by atoms with Crippen molar-refractivity contribution >= 4 is 17.1 Å². The van der Waals surface area contributed by atoms with Gasteiger partial charge in [-0.2, -0.15) is 0 Å². The van der Waals surface area contributed by atoms with Gasteiger partial charge in [-0.05, 0) is 125 Å². The maximum Gasteiger partial charge on any atom is 0.0726 e. The molecular weight excluding hydrogens is 711 g/mol. The summed E-state index contributed by atoms with van der Waals surface area (Å²) in [5.41, 5.74) is 23.7. The van der Waals surface area contributed by atoms with E-state index in [0.717, 1.165) is 17.1 Å². The van der Waals surface area contributed by atoms with E-state index in [1.165, 1.54) is 89.0 Å². The Hall–Kier alpha value is -7.22.